The Balaban J connectivity index is 2.00. The summed E-state index contributed by atoms with van der Waals surface area (Å²) in [6.07, 6.45) is 3.05. The van der Waals surface area contributed by atoms with Gasteiger partial charge in [-0.2, -0.15) is 0 Å². The van der Waals surface area contributed by atoms with E-state index in [1.165, 1.54) is 25.3 Å². The lowest BCUT2D eigenvalue weighted by atomic mass is 10.2. The Morgan fingerprint density at radius 1 is 1.07 bits per heavy atom. The molecule has 0 aliphatic heterocycles. The predicted molar refractivity (Wildman–Crippen MR) is 115 cm³/mol. The molecule has 7 heteroatoms. The summed E-state index contributed by atoms with van der Waals surface area (Å²) in [6.45, 7) is 7.32. The SMILES string of the molecule is CCN(c1ccc(NC(=O)/C=C/c2ccc(S(=O)(=O)NC)cc2)cc1)C(C)C. The summed E-state index contributed by atoms with van der Waals surface area (Å²) in [5.41, 5.74) is 2.56. The smallest absolute Gasteiger partial charge is 0.248 e. The molecule has 0 radical (unpaired) electrons. The van der Waals surface area contributed by atoms with E-state index in [0.29, 0.717) is 11.7 Å². The first-order valence-corrected chi connectivity index (χ1v) is 10.6. The molecule has 0 saturated heterocycles. The molecule has 0 spiro atoms. The summed E-state index contributed by atoms with van der Waals surface area (Å²) in [5.74, 6) is -0.254. The summed E-state index contributed by atoms with van der Waals surface area (Å²) >= 11 is 0. The van der Waals surface area contributed by atoms with E-state index in [9.17, 15) is 13.2 Å². The van der Waals surface area contributed by atoms with Crippen molar-refractivity contribution in [3.63, 3.8) is 0 Å². The predicted octanol–water partition coefficient (Wildman–Crippen LogP) is 3.48. The second-order valence-electron chi connectivity index (χ2n) is 6.53. The molecule has 2 N–H and O–H groups in total. The molecule has 0 unspecified atom stereocenters. The van der Waals surface area contributed by atoms with Gasteiger partial charge in [-0.25, -0.2) is 13.1 Å². The van der Waals surface area contributed by atoms with Gasteiger partial charge >= 0.3 is 0 Å². The molecular weight excluding hydrogens is 374 g/mol. The molecule has 0 saturated carbocycles. The van der Waals surface area contributed by atoms with Crippen LogP contribution in [0.4, 0.5) is 11.4 Å². The molecule has 0 atom stereocenters. The lowest BCUT2D eigenvalue weighted by Gasteiger charge is -2.27. The Hall–Kier alpha value is -2.64. The standard InChI is InChI=1S/C21H27N3O3S/c1-5-24(16(2)3)19-11-9-18(10-12-19)23-21(25)15-8-17-6-13-20(14-7-17)28(26,27)22-4/h6-16,22H,5H2,1-4H3,(H,23,25)/b15-8+. The van der Waals surface area contributed by atoms with Gasteiger partial charge in [0.05, 0.1) is 4.90 Å². The molecule has 0 aromatic heterocycles. The molecule has 0 aliphatic rings. The maximum absolute atomic E-state index is 12.1. The normalized spacial score (nSPS) is 11.8. The molecule has 0 fully saturated rings. The van der Waals surface area contributed by atoms with Crippen LogP contribution in [0.1, 0.15) is 26.3 Å². The fourth-order valence-electron chi connectivity index (χ4n) is 2.81. The van der Waals surface area contributed by atoms with Crippen LogP contribution in [0.25, 0.3) is 6.08 Å². The molecule has 0 bridgehead atoms. The van der Waals surface area contributed by atoms with Crippen LogP contribution in [-0.2, 0) is 14.8 Å². The van der Waals surface area contributed by atoms with Crippen LogP contribution in [0.5, 0.6) is 0 Å². The third-order valence-corrected chi connectivity index (χ3v) is 5.75. The molecule has 150 valence electrons. The van der Waals surface area contributed by atoms with Crippen LogP contribution in [0.2, 0.25) is 0 Å². The van der Waals surface area contributed by atoms with Gasteiger partial charge in [0.1, 0.15) is 0 Å². The summed E-state index contributed by atoms with van der Waals surface area (Å²) in [5, 5.41) is 2.82. The Kier molecular flexibility index (Phi) is 7.37. The van der Waals surface area contributed by atoms with Crippen LogP contribution in [0, 0.1) is 0 Å². The van der Waals surface area contributed by atoms with E-state index >= 15 is 0 Å². The number of benzene rings is 2. The van der Waals surface area contributed by atoms with Crippen LogP contribution in [0.15, 0.2) is 59.5 Å². The largest absolute Gasteiger partial charge is 0.369 e. The lowest BCUT2D eigenvalue weighted by molar-refractivity contribution is -0.111. The number of carbonyl (C=O) groups is 1. The zero-order valence-electron chi connectivity index (χ0n) is 16.6. The fourth-order valence-corrected chi connectivity index (χ4v) is 3.54. The van der Waals surface area contributed by atoms with E-state index in [1.54, 1.807) is 18.2 Å². The Labute approximate surface area is 167 Å². The highest BCUT2D eigenvalue weighted by Crippen LogP contribution is 2.20. The molecule has 2 aromatic carbocycles. The summed E-state index contributed by atoms with van der Waals surface area (Å²) in [7, 11) is -2.10. The van der Waals surface area contributed by atoms with Gasteiger partial charge in [0.25, 0.3) is 0 Å². The molecular formula is C21H27N3O3S. The van der Waals surface area contributed by atoms with Gasteiger partial charge in [-0.05, 0) is 75.9 Å². The number of hydrogen-bond donors (Lipinski definition) is 2. The van der Waals surface area contributed by atoms with E-state index in [-0.39, 0.29) is 10.8 Å². The topological polar surface area (TPSA) is 78.5 Å². The van der Waals surface area contributed by atoms with E-state index in [4.69, 9.17) is 0 Å². The number of amides is 1. The van der Waals surface area contributed by atoms with Crippen molar-refractivity contribution >= 4 is 33.4 Å². The number of nitrogens with zero attached hydrogens (tertiary/aromatic N) is 1. The maximum Gasteiger partial charge on any atom is 0.248 e. The van der Waals surface area contributed by atoms with E-state index in [0.717, 1.165) is 17.8 Å². The van der Waals surface area contributed by atoms with Crippen molar-refractivity contribution in [1.29, 1.82) is 0 Å². The van der Waals surface area contributed by atoms with Crippen LogP contribution in [0.3, 0.4) is 0 Å². The first-order chi connectivity index (χ1) is 13.3. The van der Waals surface area contributed by atoms with Crippen molar-refractivity contribution < 1.29 is 13.2 Å². The average Bonchev–Trinajstić information content (AvgIpc) is 2.68. The summed E-state index contributed by atoms with van der Waals surface area (Å²) in [6, 6.07) is 14.4. The first-order valence-electron chi connectivity index (χ1n) is 9.16. The fraction of sp³-hybridized carbons (Fsp3) is 0.286. The summed E-state index contributed by atoms with van der Waals surface area (Å²) in [4.78, 5) is 14.6. The van der Waals surface area contributed by atoms with Gasteiger partial charge in [0, 0.05) is 30.0 Å². The highest BCUT2D eigenvalue weighted by molar-refractivity contribution is 7.89. The quantitative estimate of drug-likeness (QED) is 0.664. The van der Waals surface area contributed by atoms with Crippen molar-refractivity contribution in [2.24, 2.45) is 0 Å². The molecule has 0 aliphatic carbocycles. The van der Waals surface area contributed by atoms with Crippen molar-refractivity contribution in [3.8, 4) is 0 Å². The molecule has 2 rings (SSSR count). The first kappa shape index (κ1) is 21.7. The monoisotopic (exact) mass is 401 g/mol. The van der Waals surface area contributed by atoms with Crippen molar-refractivity contribution in [2.45, 2.75) is 31.7 Å². The minimum absolute atomic E-state index is 0.180. The number of hydrogen-bond acceptors (Lipinski definition) is 4. The van der Waals surface area contributed by atoms with Crippen LogP contribution >= 0.6 is 0 Å². The molecule has 0 heterocycles. The molecule has 28 heavy (non-hydrogen) atoms. The van der Waals surface area contributed by atoms with Gasteiger partial charge in [-0.15, -0.1) is 0 Å². The second kappa shape index (κ2) is 9.52. The van der Waals surface area contributed by atoms with Gasteiger partial charge < -0.3 is 10.2 Å². The number of nitrogens with one attached hydrogen (secondary N) is 2. The van der Waals surface area contributed by atoms with E-state index < -0.39 is 10.0 Å². The Bertz CT molecular complexity index is 918. The zero-order valence-corrected chi connectivity index (χ0v) is 17.5. The van der Waals surface area contributed by atoms with Gasteiger partial charge in [-0.1, -0.05) is 12.1 Å². The van der Waals surface area contributed by atoms with E-state index in [1.807, 2.05) is 24.3 Å². The molecule has 2 aromatic rings. The average molecular weight is 402 g/mol. The number of carbonyl (C=O) groups excluding carboxylic acids is 1. The third kappa shape index (κ3) is 5.68. The Morgan fingerprint density at radius 3 is 2.18 bits per heavy atom. The van der Waals surface area contributed by atoms with Gasteiger partial charge in [-0.3, -0.25) is 4.79 Å². The van der Waals surface area contributed by atoms with Crippen molar-refractivity contribution in [2.75, 3.05) is 23.8 Å². The Morgan fingerprint density at radius 2 is 1.68 bits per heavy atom. The van der Waals surface area contributed by atoms with Crippen LogP contribution in [-0.4, -0.2) is 34.0 Å². The highest BCUT2D eigenvalue weighted by Gasteiger charge is 2.10. The minimum atomic E-state index is -3.46. The van der Waals surface area contributed by atoms with Gasteiger partial charge in [0.2, 0.25) is 15.9 Å². The maximum atomic E-state index is 12.1. The number of rotatable bonds is 8. The highest BCUT2D eigenvalue weighted by atomic mass is 32.2. The zero-order chi connectivity index (χ0) is 20.7. The lowest BCUT2D eigenvalue weighted by Crippen LogP contribution is -2.30. The molecule has 6 nitrogen and oxygen atoms in total. The van der Waals surface area contributed by atoms with Gasteiger partial charge in [0.15, 0.2) is 0 Å². The van der Waals surface area contributed by atoms with Crippen molar-refractivity contribution in [1.82, 2.24) is 4.72 Å². The third-order valence-electron chi connectivity index (χ3n) is 4.32. The van der Waals surface area contributed by atoms with E-state index in [2.05, 4.69) is 35.7 Å². The number of anilines is 2. The minimum Gasteiger partial charge on any atom is -0.369 e. The number of sulfonamides is 1. The van der Waals surface area contributed by atoms with Crippen LogP contribution < -0.4 is 14.9 Å². The second-order valence-corrected chi connectivity index (χ2v) is 8.41. The molecule has 1 amide bonds. The van der Waals surface area contributed by atoms with Crippen molar-refractivity contribution in [3.05, 3.63) is 60.2 Å². The summed E-state index contributed by atoms with van der Waals surface area (Å²) < 4.78 is 25.7.